The zero-order valence-corrected chi connectivity index (χ0v) is 17.8. The molecule has 1 aromatic heterocycles. The lowest BCUT2D eigenvalue weighted by Gasteiger charge is -2.32. The number of carbonyl (C=O) groups is 1. The number of anilines is 2. The maximum atomic E-state index is 13.0. The van der Waals surface area contributed by atoms with Gasteiger partial charge in [-0.05, 0) is 62.9 Å². The Hall–Kier alpha value is -3.15. The zero-order chi connectivity index (χ0) is 21.3. The van der Waals surface area contributed by atoms with Gasteiger partial charge in [0.1, 0.15) is 0 Å². The normalized spacial score (nSPS) is 15.0. The summed E-state index contributed by atoms with van der Waals surface area (Å²) in [5.41, 5.74) is 1.96. The van der Waals surface area contributed by atoms with E-state index in [-0.39, 0.29) is 23.2 Å². The summed E-state index contributed by atoms with van der Waals surface area (Å²) in [6, 6.07) is 14.9. The fraction of sp³-hybridized carbons (Fsp3) is 0.375. The molecule has 30 heavy (non-hydrogen) atoms. The van der Waals surface area contributed by atoms with Gasteiger partial charge in [0.25, 0.3) is 11.5 Å². The molecule has 1 aliphatic rings. The van der Waals surface area contributed by atoms with Crippen molar-refractivity contribution < 1.29 is 4.79 Å². The molecule has 6 nitrogen and oxygen atoms in total. The summed E-state index contributed by atoms with van der Waals surface area (Å²) < 4.78 is 1.37. The van der Waals surface area contributed by atoms with E-state index >= 15 is 0 Å². The second kappa shape index (κ2) is 8.30. The van der Waals surface area contributed by atoms with Crippen molar-refractivity contribution in [3.8, 4) is 0 Å². The van der Waals surface area contributed by atoms with Crippen molar-refractivity contribution in [2.45, 2.75) is 39.7 Å². The van der Waals surface area contributed by atoms with E-state index in [4.69, 9.17) is 0 Å². The van der Waals surface area contributed by atoms with E-state index in [1.54, 1.807) is 18.2 Å². The van der Waals surface area contributed by atoms with Crippen LogP contribution >= 0.6 is 0 Å². The molecule has 2 aromatic carbocycles. The molecule has 1 fully saturated rings. The Balaban J connectivity index is 1.59. The Morgan fingerprint density at radius 2 is 1.67 bits per heavy atom. The number of nitrogens with one attached hydrogen (secondary N) is 1. The number of fused-ring (bicyclic) bond motifs is 1. The van der Waals surface area contributed by atoms with Crippen LogP contribution in [0.1, 0.15) is 50.1 Å². The molecule has 0 unspecified atom stereocenters. The Morgan fingerprint density at radius 1 is 1.03 bits per heavy atom. The van der Waals surface area contributed by atoms with Crippen LogP contribution in [0.4, 0.5) is 11.4 Å². The minimum absolute atomic E-state index is 0.139. The first-order valence-corrected chi connectivity index (χ1v) is 10.6. The molecule has 1 saturated heterocycles. The van der Waals surface area contributed by atoms with Crippen molar-refractivity contribution in [1.29, 1.82) is 0 Å². The minimum Gasteiger partial charge on any atom is -0.372 e. The number of hydrogen-bond donors (Lipinski definition) is 1. The smallest absolute Gasteiger partial charge is 0.276 e. The molecule has 0 spiro atoms. The van der Waals surface area contributed by atoms with Gasteiger partial charge in [0.2, 0.25) is 0 Å². The van der Waals surface area contributed by atoms with E-state index in [1.807, 2.05) is 44.2 Å². The lowest BCUT2D eigenvalue weighted by atomic mass is 9.99. The van der Waals surface area contributed by atoms with Gasteiger partial charge in [-0.2, -0.15) is 5.10 Å². The van der Waals surface area contributed by atoms with Crippen LogP contribution < -0.4 is 15.8 Å². The highest BCUT2D eigenvalue weighted by atomic mass is 16.2. The molecule has 2 heterocycles. The maximum absolute atomic E-state index is 13.0. The third-order valence-corrected chi connectivity index (χ3v) is 5.81. The summed E-state index contributed by atoms with van der Waals surface area (Å²) in [6.45, 7) is 8.20. The topological polar surface area (TPSA) is 67.2 Å². The van der Waals surface area contributed by atoms with Gasteiger partial charge >= 0.3 is 0 Å². The van der Waals surface area contributed by atoms with Crippen molar-refractivity contribution in [1.82, 2.24) is 9.78 Å². The first kappa shape index (κ1) is 20.1. The number of hydrogen-bond acceptors (Lipinski definition) is 4. The van der Waals surface area contributed by atoms with E-state index in [1.165, 1.54) is 23.2 Å². The van der Waals surface area contributed by atoms with Crippen LogP contribution in [0.5, 0.6) is 0 Å². The van der Waals surface area contributed by atoms with Crippen LogP contribution in [0.2, 0.25) is 0 Å². The van der Waals surface area contributed by atoms with Crippen molar-refractivity contribution in [2.75, 3.05) is 23.3 Å². The largest absolute Gasteiger partial charge is 0.372 e. The standard InChI is InChI=1S/C24H28N4O2/c1-16(2)28-24(30)21-7-5-4-6-20(21)22(26-28)23(29)25-18-8-10-19(11-9-18)27-14-12-17(3)13-15-27/h4-11,16-17H,12-15H2,1-3H3,(H,25,29). The lowest BCUT2D eigenvalue weighted by Crippen LogP contribution is -2.32. The third kappa shape index (κ3) is 3.95. The van der Waals surface area contributed by atoms with E-state index in [9.17, 15) is 9.59 Å². The van der Waals surface area contributed by atoms with Gasteiger partial charge < -0.3 is 10.2 Å². The Bertz CT molecular complexity index is 1110. The van der Waals surface area contributed by atoms with Crippen molar-refractivity contribution in [2.24, 2.45) is 5.92 Å². The average molecular weight is 405 g/mol. The maximum Gasteiger partial charge on any atom is 0.276 e. The van der Waals surface area contributed by atoms with Crippen LogP contribution in [0, 0.1) is 5.92 Å². The molecule has 0 bridgehead atoms. The molecule has 0 atom stereocenters. The number of amides is 1. The quantitative estimate of drug-likeness (QED) is 0.697. The molecule has 1 N–H and O–H groups in total. The fourth-order valence-corrected chi connectivity index (χ4v) is 3.94. The monoisotopic (exact) mass is 404 g/mol. The minimum atomic E-state index is -0.319. The predicted octanol–water partition coefficient (Wildman–Crippen LogP) is 4.47. The summed E-state index contributed by atoms with van der Waals surface area (Å²) in [4.78, 5) is 28.1. The molecule has 0 radical (unpaired) electrons. The average Bonchev–Trinajstić information content (AvgIpc) is 2.75. The highest BCUT2D eigenvalue weighted by Gasteiger charge is 2.19. The van der Waals surface area contributed by atoms with Crippen molar-refractivity contribution in [3.63, 3.8) is 0 Å². The number of rotatable bonds is 4. The third-order valence-electron chi connectivity index (χ3n) is 5.81. The predicted molar refractivity (Wildman–Crippen MR) is 121 cm³/mol. The molecule has 0 saturated carbocycles. The molecule has 156 valence electrons. The molecule has 6 heteroatoms. The summed E-state index contributed by atoms with van der Waals surface area (Å²) in [5, 5.41) is 8.38. The Morgan fingerprint density at radius 3 is 2.30 bits per heavy atom. The van der Waals surface area contributed by atoms with Gasteiger partial charge in [0.05, 0.1) is 11.4 Å². The number of carbonyl (C=O) groups excluding carboxylic acids is 1. The molecular formula is C24H28N4O2. The number of aromatic nitrogens is 2. The van der Waals surface area contributed by atoms with E-state index in [0.29, 0.717) is 16.5 Å². The van der Waals surface area contributed by atoms with Gasteiger partial charge in [0.15, 0.2) is 5.69 Å². The van der Waals surface area contributed by atoms with Crippen LogP contribution in [-0.2, 0) is 0 Å². The van der Waals surface area contributed by atoms with Gasteiger partial charge in [-0.1, -0.05) is 25.1 Å². The summed E-state index contributed by atoms with van der Waals surface area (Å²) in [7, 11) is 0. The molecule has 3 aromatic rings. The van der Waals surface area contributed by atoms with E-state index < -0.39 is 0 Å². The van der Waals surface area contributed by atoms with Gasteiger partial charge in [0, 0.05) is 29.9 Å². The number of piperidine rings is 1. The van der Waals surface area contributed by atoms with Gasteiger partial charge in [-0.3, -0.25) is 9.59 Å². The first-order chi connectivity index (χ1) is 14.4. The van der Waals surface area contributed by atoms with Crippen LogP contribution in [0.25, 0.3) is 10.8 Å². The fourth-order valence-electron chi connectivity index (χ4n) is 3.94. The molecule has 1 aliphatic heterocycles. The van der Waals surface area contributed by atoms with Crippen molar-refractivity contribution in [3.05, 3.63) is 64.6 Å². The SMILES string of the molecule is CC1CCN(c2ccc(NC(=O)c3nn(C(C)C)c(=O)c4ccccc34)cc2)CC1. The summed E-state index contributed by atoms with van der Waals surface area (Å²) >= 11 is 0. The van der Waals surface area contributed by atoms with Gasteiger partial charge in [-0.25, -0.2) is 4.68 Å². The lowest BCUT2D eigenvalue weighted by molar-refractivity contribution is 0.102. The second-order valence-electron chi connectivity index (χ2n) is 8.41. The van der Waals surface area contributed by atoms with Crippen molar-refractivity contribution >= 4 is 28.1 Å². The van der Waals surface area contributed by atoms with E-state index in [0.717, 1.165) is 19.0 Å². The molecule has 0 aliphatic carbocycles. The molecular weight excluding hydrogens is 376 g/mol. The summed E-state index contributed by atoms with van der Waals surface area (Å²) in [6.07, 6.45) is 2.42. The summed E-state index contributed by atoms with van der Waals surface area (Å²) in [5.74, 6) is 0.469. The Labute approximate surface area is 176 Å². The van der Waals surface area contributed by atoms with Crippen LogP contribution in [0.15, 0.2) is 53.3 Å². The number of benzene rings is 2. The molecule has 1 amide bonds. The second-order valence-corrected chi connectivity index (χ2v) is 8.41. The Kier molecular flexibility index (Phi) is 5.57. The molecule has 4 rings (SSSR count). The highest BCUT2D eigenvalue weighted by molar-refractivity contribution is 6.11. The van der Waals surface area contributed by atoms with E-state index in [2.05, 4.69) is 22.2 Å². The van der Waals surface area contributed by atoms with Crippen LogP contribution in [-0.4, -0.2) is 28.8 Å². The zero-order valence-electron chi connectivity index (χ0n) is 17.8. The number of nitrogens with zero attached hydrogens (tertiary/aromatic N) is 3. The highest BCUT2D eigenvalue weighted by Crippen LogP contribution is 2.24. The van der Waals surface area contributed by atoms with Gasteiger partial charge in [-0.15, -0.1) is 0 Å². The van der Waals surface area contributed by atoms with Crippen LogP contribution in [0.3, 0.4) is 0 Å². The first-order valence-electron chi connectivity index (χ1n) is 10.6.